The van der Waals surface area contributed by atoms with E-state index in [9.17, 15) is 9.90 Å². The van der Waals surface area contributed by atoms with E-state index < -0.39 is 0 Å². The maximum Gasteiger partial charge on any atom is 0.231 e. The minimum atomic E-state index is -0.332. The van der Waals surface area contributed by atoms with Crippen LogP contribution in [-0.4, -0.2) is 25.6 Å². The summed E-state index contributed by atoms with van der Waals surface area (Å²) in [6.45, 7) is 1.86. The summed E-state index contributed by atoms with van der Waals surface area (Å²) in [6.07, 6.45) is 8.00. The lowest BCUT2D eigenvalue weighted by Crippen LogP contribution is -2.51. The number of benzene rings is 1. The monoisotopic (exact) mass is 470 g/mol. The minimum Gasteiger partial charge on any atom is -0.503 e. The molecule has 0 radical (unpaired) electrons. The molecule has 0 saturated heterocycles. The Hall–Kier alpha value is -2.31. The van der Waals surface area contributed by atoms with Gasteiger partial charge in [-0.15, -0.1) is 0 Å². The average Bonchev–Trinajstić information content (AvgIpc) is 3.05. The first-order chi connectivity index (χ1) is 15.3. The van der Waals surface area contributed by atoms with Crippen LogP contribution in [-0.2, 0) is 4.79 Å². The molecule has 0 aliphatic heterocycles. The molecule has 2 N–H and O–H groups in total. The second-order valence-electron chi connectivity index (χ2n) is 9.96. The van der Waals surface area contributed by atoms with Crippen LogP contribution in [0.5, 0.6) is 5.75 Å². The maximum atomic E-state index is 13.6. The Kier molecular flexibility index (Phi) is 4.50. The fourth-order valence-electron chi connectivity index (χ4n) is 6.84. The van der Waals surface area contributed by atoms with Crippen molar-refractivity contribution in [1.29, 1.82) is 0 Å². The van der Waals surface area contributed by atoms with E-state index in [4.69, 9.17) is 23.2 Å². The Morgan fingerprint density at radius 2 is 1.81 bits per heavy atom. The molecule has 8 heteroatoms. The van der Waals surface area contributed by atoms with Gasteiger partial charge in [0.25, 0.3) is 0 Å². The van der Waals surface area contributed by atoms with E-state index in [2.05, 4.69) is 15.4 Å². The number of carbonyl (C=O) groups is 1. The number of halogens is 2. The van der Waals surface area contributed by atoms with Gasteiger partial charge in [-0.05, 0) is 75.3 Å². The summed E-state index contributed by atoms with van der Waals surface area (Å²) in [5.41, 5.74) is 2.38. The second-order valence-corrected chi connectivity index (χ2v) is 10.8. The van der Waals surface area contributed by atoms with Gasteiger partial charge in [-0.2, -0.15) is 9.61 Å². The summed E-state index contributed by atoms with van der Waals surface area (Å²) < 4.78 is 1.52. The van der Waals surface area contributed by atoms with Gasteiger partial charge in [0.1, 0.15) is 0 Å². The number of hydrogen-bond donors (Lipinski definition) is 2. The van der Waals surface area contributed by atoms with Crippen molar-refractivity contribution in [3.8, 4) is 16.9 Å². The van der Waals surface area contributed by atoms with Crippen molar-refractivity contribution in [2.75, 3.05) is 5.32 Å². The summed E-state index contributed by atoms with van der Waals surface area (Å²) in [5.74, 6) is 2.12. The lowest BCUT2D eigenvalue weighted by molar-refractivity contribution is -0.140. The molecule has 0 atom stereocenters. The van der Waals surface area contributed by atoms with Crippen molar-refractivity contribution < 1.29 is 9.90 Å². The first-order valence-corrected chi connectivity index (χ1v) is 11.9. The first-order valence-electron chi connectivity index (χ1n) is 11.2. The molecular weight excluding hydrogens is 447 g/mol. The van der Waals surface area contributed by atoms with E-state index in [0.29, 0.717) is 39.1 Å². The van der Waals surface area contributed by atoms with E-state index in [1.807, 2.05) is 13.0 Å². The van der Waals surface area contributed by atoms with Crippen LogP contribution in [0.4, 0.5) is 5.82 Å². The lowest BCUT2D eigenvalue weighted by atomic mass is 9.49. The third-order valence-corrected chi connectivity index (χ3v) is 8.30. The smallest absolute Gasteiger partial charge is 0.231 e. The summed E-state index contributed by atoms with van der Waals surface area (Å²) in [7, 11) is 0. The Balaban J connectivity index is 1.41. The molecule has 1 aromatic carbocycles. The summed E-state index contributed by atoms with van der Waals surface area (Å²) >= 11 is 12.5. The van der Waals surface area contributed by atoms with E-state index >= 15 is 0 Å². The summed E-state index contributed by atoms with van der Waals surface area (Å²) in [6, 6.07) is 5.27. The van der Waals surface area contributed by atoms with Gasteiger partial charge in [0.2, 0.25) is 5.91 Å². The van der Waals surface area contributed by atoms with Gasteiger partial charge in [0, 0.05) is 10.6 Å². The maximum absolute atomic E-state index is 13.6. The zero-order chi connectivity index (χ0) is 22.2. The Labute approximate surface area is 195 Å². The number of carbonyl (C=O) groups excluding carboxylic acids is 1. The third kappa shape index (κ3) is 3.03. The van der Waals surface area contributed by atoms with E-state index in [1.54, 1.807) is 12.1 Å². The topological polar surface area (TPSA) is 79.5 Å². The quantitative estimate of drug-likeness (QED) is 0.501. The molecule has 4 saturated carbocycles. The number of rotatable bonds is 3. The fourth-order valence-corrected chi connectivity index (χ4v) is 7.34. The molecule has 166 valence electrons. The SMILES string of the molecule is Cc1nn2c(NC(=O)C34CC5CC(CC(C5)C3)C4)c(O)cnc2c1-c1ccc(Cl)cc1Cl. The van der Waals surface area contributed by atoms with Gasteiger partial charge in [0.15, 0.2) is 17.2 Å². The van der Waals surface area contributed by atoms with Crippen LogP contribution in [0, 0.1) is 30.1 Å². The zero-order valence-electron chi connectivity index (χ0n) is 17.7. The number of nitrogens with zero attached hydrogens (tertiary/aromatic N) is 3. The van der Waals surface area contributed by atoms with Crippen molar-refractivity contribution in [1.82, 2.24) is 14.6 Å². The largest absolute Gasteiger partial charge is 0.503 e. The van der Waals surface area contributed by atoms with Crippen molar-refractivity contribution in [3.63, 3.8) is 0 Å². The first kappa shape index (κ1) is 20.3. The number of hydrogen-bond acceptors (Lipinski definition) is 4. The molecule has 0 spiro atoms. The Bertz CT molecular complexity index is 1230. The zero-order valence-corrected chi connectivity index (χ0v) is 19.2. The van der Waals surface area contributed by atoms with Gasteiger partial charge in [-0.1, -0.05) is 29.3 Å². The number of anilines is 1. The normalized spacial score (nSPS) is 28.4. The van der Waals surface area contributed by atoms with Crippen LogP contribution in [0.3, 0.4) is 0 Å². The molecule has 6 nitrogen and oxygen atoms in total. The van der Waals surface area contributed by atoms with Crippen molar-refractivity contribution in [2.45, 2.75) is 45.4 Å². The van der Waals surface area contributed by atoms with Crippen LogP contribution in [0.1, 0.15) is 44.2 Å². The lowest BCUT2D eigenvalue weighted by Gasteiger charge is -2.55. The van der Waals surface area contributed by atoms with Crippen LogP contribution >= 0.6 is 23.2 Å². The van der Waals surface area contributed by atoms with Gasteiger partial charge < -0.3 is 10.4 Å². The predicted octanol–water partition coefficient (Wildman–Crippen LogP) is 5.87. The van der Waals surface area contributed by atoms with Crippen LogP contribution < -0.4 is 5.32 Å². The molecule has 32 heavy (non-hydrogen) atoms. The molecule has 0 unspecified atom stereocenters. The standard InChI is InChI=1S/C24H24Cl2N4O2/c1-12-20(17-3-2-16(25)7-18(17)26)22-27-11-19(31)21(30(22)29-12)28-23(32)24-8-13-4-14(9-24)6-15(5-13)10-24/h2-3,7,11,13-15,31H,4-6,8-10H2,1H3,(H,28,32). The Morgan fingerprint density at radius 1 is 1.16 bits per heavy atom. The van der Waals surface area contributed by atoms with Crippen LogP contribution in [0.25, 0.3) is 16.8 Å². The van der Waals surface area contributed by atoms with Crippen molar-refractivity contribution in [3.05, 3.63) is 40.1 Å². The summed E-state index contributed by atoms with van der Waals surface area (Å²) in [5, 5.41) is 19.3. The molecule has 2 aromatic heterocycles. The van der Waals surface area contributed by atoms with E-state index in [1.165, 1.54) is 30.0 Å². The number of aromatic nitrogens is 3. The average molecular weight is 471 g/mol. The van der Waals surface area contributed by atoms with Crippen molar-refractivity contribution in [2.24, 2.45) is 23.2 Å². The van der Waals surface area contributed by atoms with Gasteiger partial charge >= 0.3 is 0 Å². The fraction of sp³-hybridized carbons (Fsp3) is 0.458. The summed E-state index contributed by atoms with van der Waals surface area (Å²) in [4.78, 5) is 18.0. The van der Waals surface area contributed by atoms with E-state index in [-0.39, 0.29) is 22.9 Å². The molecule has 4 bridgehead atoms. The number of fused-ring (bicyclic) bond motifs is 1. The number of nitrogens with one attached hydrogen (secondary N) is 1. The molecule has 1 amide bonds. The third-order valence-electron chi connectivity index (χ3n) is 7.75. The number of aryl methyl sites for hydroxylation is 1. The highest BCUT2D eigenvalue weighted by atomic mass is 35.5. The van der Waals surface area contributed by atoms with Crippen molar-refractivity contribution >= 4 is 40.6 Å². The predicted molar refractivity (Wildman–Crippen MR) is 124 cm³/mol. The Morgan fingerprint density at radius 3 is 2.44 bits per heavy atom. The highest BCUT2D eigenvalue weighted by Crippen LogP contribution is 2.60. The second kappa shape index (κ2) is 7.09. The van der Waals surface area contributed by atoms with Crippen LogP contribution in [0.2, 0.25) is 10.0 Å². The molecule has 7 rings (SSSR count). The van der Waals surface area contributed by atoms with Crippen LogP contribution in [0.15, 0.2) is 24.4 Å². The van der Waals surface area contributed by atoms with Gasteiger partial charge in [0.05, 0.1) is 27.9 Å². The molecule has 4 fully saturated rings. The molecular formula is C24H24Cl2N4O2. The van der Waals surface area contributed by atoms with Gasteiger partial charge in [-0.25, -0.2) is 4.98 Å². The molecule has 4 aliphatic carbocycles. The highest BCUT2D eigenvalue weighted by Gasteiger charge is 2.54. The van der Waals surface area contributed by atoms with Gasteiger partial charge in [-0.3, -0.25) is 4.79 Å². The van der Waals surface area contributed by atoms with E-state index in [0.717, 1.165) is 30.4 Å². The minimum absolute atomic E-state index is 0.00127. The molecule has 2 heterocycles. The number of aromatic hydroxyl groups is 1. The number of amides is 1. The highest BCUT2D eigenvalue weighted by molar-refractivity contribution is 6.36. The molecule has 4 aliphatic rings. The molecule has 3 aromatic rings.